The molecule has 1 N–H and O–H groups in total. The van der Waals surface area contributed by atoms with Crippen molar-refractivity contribution in [3.63, 3.8) is 0 Å². The molecule has 1 aromatic carbocycles. The van der Waals surface area contributed by atoms with Crippen molar-refractivity contribution in [1.29, 1.82) is 5.26 Å². The van der Waals surface area contributed by atoms with E-state index in [2.05, 4.69) is 14.7 Å². The van der Waals surface area contributed by atoms with Gasteiger partial charge in [0.25, 0.3) is 0 Å². The number of hydrogen-bond acceptors (Lipinski definition) is 5. The summed E-state index contributed by atoms with van der Waals surface area (Å²) in [6.07, 6.45) is 1.61. The van der Waals surface area contributed by atoms with Crippen LogP contribution in [0.1, 0.15) is 10.5 Å². The van der Waals surface area contributed by atoms with Crippen LogP contribution < -0.4 is 0 Å². The van der Waals surface area contributed by atoms with Gasteiger partial charge in [0, 0.05) is 21.2 Å². The molecular formula is C14H9N3O2S. The highest BCUT2D eigenvalue weighted by Crippen LogP contribution is 2.29. The minimum absolute atomic E-state index is 0.263. The Bertz CT molecular complexity index is 864. The first-order valence-corrected chi connectivity index (χ1v) is 6.60. The maximum Gasteiger partial charge on any atom is 0.356 e. The van der Waals surface area contributed by atoms with Gasteiger partial charge in [-0.1, -0.05) is 0 Å². The van der Waals surface area contributed by atoms with E-state index in [9.17, 15) is 4.79 Å². The summed E-state index contributed by atoms with van der Waals surface area (Å²) in [7, 11) is 1.32. The molecule has 0 atom stereocenters. The number of fused-ring (bicyclic) bond motifs is 3. The fraction of sp³-hybridized carbons (Fsp3) is 0.0714. The zero-order chi connectivity index (χ0) is 14.1. The molecule has 0 aliphatic carbocycles. The van der Waals surface area contributed by atoms with E-state index in [0.717, 1.165) is 38.5 Å². The molecule has 2 heterocycles. The molecule has 0 radical (unpaired) electrons. The van der Waals surface area contributed by atoms with Crippen LogP contribution in [0.3, 0.4) is 0 Å². The Morgan fingerprint density at radius 2 is 2.15 bits per heavy atom. The first-order valence-electron chi connectivity index (χ1n) is 5.78. The highest BCUT2D eigenvalue weighted by Gasteiger charge is 2.11. The normalized spacial score (nSPS) is 10.6. The minimum atomic E-state index is -0.469. The molecule has 0 saturated heterocycles. The van der Waals surface area contributed by atoms with Gasteiger partial charge in [-0.2, -0.15) is 5.26 Å². The molecule has 0 saturated carbocycles. The second-order valence-corrected chi connectivity index (χ2v) is 4.99. The number of hydrogen-bond donors (Lipinski definition) is 1. The number of H-pyrrole nitrogens is 1. The van der Waals surface area contributed by atoms with Gasteiger partial charge in [-0.15, -0.1) is 0 Å². The molecule has 0 aliphatic rings. The summed E-state index contributed by atoms with van der Waals surface area (Å²) < 4.78 is 4.68. The number of esters is 1. The predicted molar refractivity (Wildman–Crippen MR) is 76.4 cm³/mol. The molecule has 5 nitrogen and oxygen atoms in total. The van der Waals surface area contributed by atoms with E-state index in [1.54, 1.807) is 12.3 Å². The lowest BCUT2D eigenvalue weighted by Crippen LogP contribution is -2.03. The van der Waals surface area contributed by atoms with Crippen molar-refractivity contribution in [3.8, 4) is 5.40 Å². The zero-order valence-corrected chi connectivity index (χ0v) is 11.3. The van der Waals surface area contributed by atoms with Gasteiger partial charge in [-0.3, -0.25) is 0 Å². The average molecular weight is 283 g/mol. The summed E-state index contributed by atoms with van der Waals surface area (Å²) in [4.78, 5) is 19.7. The third kappa shape index (κ3) is 1.98. The van der Waals surface area contributed by atoms with E-state index >= 15 is 0 Å². The Kier molecular flexibility index (Phi) is 3.05. The lowest BCUT2D eigenvalue weighted by atomic mass is 10.1. The van der Waals surface area contributed by atoms with Crippen LogP contribution in [0.5, 0.6) is 0 Å². The first-order chi connectivity index (χ1) is 9.72. The highest BCUT2D eigenvalue weighted by molar-refractivity contribution is 8.03. The molecule has 0 bridgehead atoms. The van der Waals surface area contributed by atoms with E-state index < -0.39 is 5.97 Å². The molecule has 3 rings (SSSR count). The standard InChI is InChI=1S/C14H9N3O2S/c1-19-14(18)12-5-10-9-4-8(20-7-15)2-3-11(9)17-13(10)6-16-12/h2-6,17H,1H3. The number of ether oxygens (including phenoxy) is 1. The SMILES string of the molecule is COC(=O)c1cc2c(cn1)[nH]c1ccc(SC#N)cc12. The Morgan fingerprint density at radius 3 is 2.90 bits per heavy atom. The maximum atomic E-state index is 11.5. The van der Waals surface area contributed by atoms with Crippen molar-refractivity contribution >= 4 is 39.5 Å². The molecule has 0 unspecified atom stereocenters. The number of benzene rings is 1. The lowest BCUT2D eigenvalue weighted by molar-refractivity contribution is 0.0594. The fourth-order valence-corrected chi connectivity index (χ4v) is 2.53. The van der Waals surface area contributed by atoms with Crippen molar-refractivity contribution in [3.05, 3.63) is 36.2 Å². The largest absolute Gasteiger partial charge is 0.464 e. The van der Waals surface area contributed by atoms with Crippen molar-refractivity contribution < 1.29 is 9.53 Å². The number of nitrogens with one attached hydrogen (secondary N) is 1. The number of rotatable bonds is 2. The average Bonchev–Trinajstić information content (AvgIpc) is 2.84. The molecule has 0 amide bonds. The van der Waals surface area contributed by atoms with Crippen molar-refractivity contribution in [1.82, 2.24) is 9.97 Å². The van der Waals surface area contributed by atoms with E-state index in [1.165, 1.54) is 7.11 Å². The number of nitrogens with zero attached hydrogens (tertiary/aromatic N) is 2. The van der Waals surface area contributed by atoms with Crippen LogP contribution in [0.4, 0.5) is 0 Å². The van der Waals surface area contributed by atoms with Gasteiger partial charge >= 0.3 is 5.97 Å². The number of thiocyanates is 1. The van der Waals surface area contributed by atoms with Crippen LogP contribution >= 0.6 is 11.8 Å². The Morgan fingerprint density at radius 1 is 1.35 bits per heavy atom. The number of carbonyl (C=O) groups is 1. The molecule has 0 fully saturated rings. The van der Waals surface area contributed by atoms with Gasteiger partial charge in [0.1, 0.15) is 11.1 Å². The van der Waals surface area contributed by atoms with E-state index in [4.69, 9.17) is 5.26 Å². The molecule has 0 spiro atoms. The van der Waals surface area contributed by atoms with E-state index in [0.29, 0.717) is 0 Å². The van der Waals surface area contributed by atoms with Crippen LogP contribution in [-0.2, 0) is 4.74 Å². The van der Waals surface area contributed by atoms with E-state index in [-0.39, 0.29) is 5.69 Å². The van der Waals surface area contributed by atoms with Gasteiger partial charge in [0.05, 0.1) is 18.8 Å². The van der Waals surface area contributed by atoms with Gasteiger partial charge in [-0.25, -0.2) is 9.78 Å². The molecular weight excluding hydrogens is 274 g/mol. The fourth-order valence-electron chi connectivity index (χ4n) is 2.11. The second-order valence-electron chi connectivity index (χ2n) is 4.13. The van der Waals surface area contributed by atoms with Crippen LogP contribution in [0, 0.1) is 10.7 Å². The number of methoxy groups -OCH3 is 1. The molecule has 0 aliphatic heterocycles. The lowest BCUT2D eigenvalue weighted by Gasteiger charge is -1.98. The van der Waals surface area contributed by atoms with Crippen LogP contribution in [-0.4, -0.2) is 23.0 Å². The van der Waals surface area contributed by atoms with Crippen LogP contribution in [0.2, 0.25) is 0 Å². The van der Waals surface area contributed by atoms with Crippen molar-refractivity contribution in [2.24, 2.45) is 0 Å². The Hall–Kier alpha value is -2.52. The number of aromatic nitrogens is 2. The second kappa shape index (κ2) is 4.87. The summed E-state index contributed by atoms with van der Waals surface area (Å²) in [5.74, 6) is -0.469. The monoisotopic (exact) mass is 283 g/mol. The third-order valence-corrected chi connectivity index (χ3v) is 3.59. The Balaban J connectivity index is 2.26. The Labute approximate surface area is 118 Å². The van der Waals surface area contributed by atoms with Gasteiger partial charge in [0.15, 0.2) is 0 Å². The third-order valence-electron chi connectivity index (χ3n) is 3.01. The zero-order valence-electron chi connectivity index (χ0n) is 10.5. The van der Waals surface area contributed by atoms with Crippen LogP contribution in [0.25, 0.3) is 21.8 Å². The first kappa shape index (κ1) is 12.5. The number of carbonyl (C=O) groups excluding carboxylic acids is 1. The summed E-state index contributed by atoms with van der Waals surface area (Å²) >= 11 is 1.10. The highest BCUT2D eigenvalue weighted by atomic mass is 32.2. The predicted octanol–water partition coefficient (Wildman–Crippen LogP) is 3.08. The summed E-state index contributed by atoms with van der Waals surface area (Å²) in [5.41, 5.74) is 2.04. The number of thioether (sulfide) groups is 1. The topological polar surface area (TPSA) is 78.8 Å². The molecule has 98 valence electrons. The smallest absolute Gasteiger partial charge is 0.356 e. The molecule has 20 heavy (non-hydrogen) atoms. The summed E-state index contributed by atoms with van der Waals surface area (Å²) in [6, 6.07) is 7.40. The molecule has 2 aromatic heterocycles. The van der Waals surface area contributed by atoms with Gasteiger partial charge < -0.3 is 9.72 Å². The van der Waals surface area contributed by atoms with Crippen LogP contribution in [0.15, 0.2) is 35.4 Å². The molecule has 3 aromatic rings. The van der Waals surface area contributed by atoms with Gasteiger partial charge in [-0.05, 0) is 36.0 Å². The van der Waals surface area contributed by atoms with Crippen molar-refractivity contribution in [2.75, 3.05) is 7.11 Å². The maximum absolute atomic E-state index is 11.5. The number of pyridine rings is 1. The minimum Gasteiger partial charge on any atom is -0.464 e. The summed E-state index contributed by atoms with van der Waals surface area (Å²) in [5, 5.41) is 12.6. The quantitative estimate of drug-likeness (QED) is 0.444. The number of aromatic amines is 1. The van der Waals surface area contributed by atoms with Crippen molar-refractivity contribution in [2.45, 2.75) is 4.90 Å². The molecule has 6 heteroatoms. The van der Waals surface area contributed by atoms with E-state index in [1.807, 2.05) is 23.6 Å². The summed E-state index contributed by atoms with van der Waals surface area (Å²) in [6.45, 7) is 0. The number of nitriles is 1. The van der Waals surface area contributed by atoms with Gasteiger partial charge in [0.2, 0.25) is 0 Å².